The minimum absolute atomic E-state index is 0.0260. The maximum atomic E-state index is 11.0. The largest absolute Gasteiger partial charge is 0.370 e. The van der Waals surface area contributed by atoms with E-state index in [1.165, 1.54) is 12.8 Å². The first-order valence-electron chi connectivity index (χ1n) is 5.34. The number of carbonyl (C=O) groups is 1. The molecule has 3 N–H and O–H groups in total. The Morgan fingerprint density at radius 1 is 1.64 bits per heavy atom. The second kappa shape index (κ2) is 3.51. The monoisotopic (exact) mass is 197 g/mol. The first-order valence-corrected chi connectivity index (χ1v) is 5.34. The summed E-state index contributed by atoms with van der Waals surface area (Å²) in [4.78, 5) is 13.3. The van der Waals surface area contributed by atoms with E-state index in [1.54, 1.807) is 0 Å². The van der Waals surface area contributed by atoms with Crippen LogP contribution < -0.4 is 11.1 Å². The third kappa shape index (κ3) is 2.25. The van der Waals surface area contributed by atoms with Gasteiger partial charge in [-0.25, -0.2) is 0 Å². The normalized spacial score (nSPS) is 33.5. The number of nitrogens with one attached hydrogen (secondary N) is 1. The molecule has 2 rings (SSSR count). The Hall–Kier alpha value is -0.610. The van der Waals surface area contributed by atoms with E-state index in [-0.39, 0.29) is 11.4 Å². The second-order valence-electron chi connectivity index (χ2n) is 4.83. The number of nitrogens with two attached hydrogens (primary N) is 1. The minimum atomic E-state index is -0.187. The van der Waals surface area contributed by atoms with Gasteiger partial charge in [-0.3, -0.25) is 4.79 Å². The van der Waals surface area contributed by atoms with Crippen LogP contribution in [0.4, 0.5) is 0 Å². The fourth-order valence-corrected chi connectivity index (χ4v) is 2.39. The van der Waals surface area contributed by atoms with Crippen LogP contribution in [-0.2, 0) is 4.79 Å². The molecule has 0 bridgehead atoms. The Kier molecular flexibility index (Phi) is 2.49. The van der Waals surface area contributed by atoms with E-state index in [4.69, 9.17) is 5.73 Å². The van der Waals surface area contributed by atoms with Crippen molar-refractivity contribution in [2.75, 3.05) is 20.1 Å². The van der Waals surface area contributed by atoms with Gasteiger partial charge in [0.05, 0.1) is 0 Å². The Morgan fingerprint density at radius 2 is 2.36 bits per heavy atom. The number of likely N-dealkylation sites (N-methyl/N-ethyl adjacent to an activating group) is 1. The Labute approximate surface area is 84.8 Å². The van der Waals surface area contributed by atoms with Gasteiger partial charge in [0.25, 0.3) is 0 Å². The number of amides is 1. The van der Waals surface area contributed by atoms with Crippen LogP contribution in [0.2, 0.25) is 0 Å². The van der Waals surface area contributed by atoms with Crippen molar-refractivity contribution in [3.63, 3.8) is 0 Å². The van der Waals surface area contributed by atoms with Crippen LogP contribution in [0.25, 0.3) is 0 Å². The number of primary amides is 1. The van der Waals surface area contributed by atoms with Crippen molar-refractivity contribution in [1.82, 2.24) is 10.2 Å². The third-order valence-electron chi connectivity index (χ3n) is 3.14. The molecule has 1 heterocycles. The topological polar surface area (TPSA) is 58.4 Å². The quantitative estimate of drug-likeness (QED) is 0.650. The van der Waals surface area contributed by atoms with Crippen LogP contribution in [0.5, 0.6) is 0 Å². The molecule has 2 aliphatic rings. The molecule has 0 spiro atoms. The van der Waals surface area contributed by atoms with Gasteiger partial charge in [0.15, 0.2) is 0 Å². The molecule has 0 radical (unpaired) electrons. The van der Waals surface area contributed by atoms with Gasteiger partial charge in [-0.15, -0.1) is 0 Å². The van der Waals surface area contributed by atoms with Crippen LogP contribution >= 0.6 is 0 Å². The van der Waals surface area contributed by atoms with E-state index in [9.17, 15) is 4.79 Å². The van der Waals surface area contributed by atoms with Crippen molar-refractivity contribution in [3.05, 3.63) is 0 Å². The summed E-state index contributed by atoms with van der Waals surface area (Å²) in [5, 5.41) is 3.59. The molecule has 1 saturated carbocycles. The van der Waals surface area contributed by atoms with E-state index in [2.05, 4.69) is 17.3 Å². The molecule has 0 aromatic heterocycles. The molecule has 1 saturated heterocycles. The van der Waals surface area contributed by atoms with Crippen molar-refractivity contribution in [1.29, 1.82) is 0 Å². The summed E-state index contributed by atoms with van der Waals surface area (Å²) in [5.74, 6) is -0.187. The highest BCUT2D eigenvalue weighted by Crippen LogP contribution is 2.29. The molecule has 1 atom stereocenters. The highest BCUT2D eigenvalue weighted by Gasteiger charge is 2.41. The van der Waals surface area contributed by atoms with E-state index < -0.39 is 0 Å². The van der Waals surface area contributed by atoms with Crippen LogP contribution in [0.15, 0.2) is 0 Å². The molecule has 80 valence electrons. The van der Waals surface area contributed by atoms with Gasteiger partial charge in [-0.05, 0) is 32.9 Å². The molecule has 1 aliphatic heterocycles. The van der Waals surface area contributed by atoms with E-state index in [0.29, 0.717) is 12.5 Å². The molecular weight excluding hydrogens is 178 g/mol. The zero-order valence-electron chi connectivity index (χ0n) is 8.75. The number of nitrogens with zero attached hydrogens (tertiary/aromatic N) is 1. The van der Waals surface area contributed by atoms with Crippen molar-refractivity contribution in [3.8, 4) is 0 Å². The minimum Gasteiger partial charge on any atom is -0.370 e. The molecule has 14 heavy (non-hydrogen) atoms. The lowest BCUT2D eigenvalue weighted by atomic mass is 9.93. The first-order chi connectivity index (χ1) is 6.60. The molecule has 4 heteroatoms. The van der Waals surface area contributed by atoms with Gasteiger partial charge in [-0.1, -0.05) is 0 Å². The summed E-state index contributed by atoms with van der Waals surface area (Å²) in [7, 11) is 2.09. The first kappa shape index (κ1) is 9.93. The summed E-state index contributed by atoms with van der Waals surface area (Å²) in [6.07, 6.45) is 4.03. The lowest BCUT2D eigenvalue weighted by molar-refractivity contribution is -0.119. The van der Waals surface area contributed by atoms with Gasteiger partial charge in [0.1, 0.15) is 0 Å². The van der Waals surface area contributed by atoms with E-state index >= 15 is 0 Å². The third-order valence-corrected chi connectivity index (χ3v) is 3.14. The average molecular weight is 197 g/mol. The van der Waals surface area contributed by atoms with Crippen molar-refractivity contribution >= 4 is 5.91 Å². The van der Waals surface area contributed by atoms with Crippen molar-refractivity contribution < 1.29 is 4.79 Å². The average Bonchev–Trinajstić information content (AvgIpc) is 2.77. The van der Waals surface area contributed by atoms with Gasteiger partial charge in [-0.2, -0.15) is 0 Å². The van der Waals surface area contributed by atoms with Crippen molar-refractivity contribution in [2.24, 2.45) is 5.73 Å². The lowest BCUT2D eigenvalue weighted by Gasteiger charge is -2.29. The molecule has 2 fully saturated rings. The smallest absolute Gasteiger partial charge is 0.219 e. The van der Waals surface area contributed by atoms with Gasteiger partial charge < -0.3 is 16.0 Å². The summed E-state index contributed by atoms with van der Waals surface area (Å²) in [6.45, 7) is 2.01. The highest BCUT2D eigenvalue weighted by molar-refractivity contribution is 5.75. The maximum Gasteiger partial charge on any atom is 0.219 e. The molecule has 1 unspecified atom stereocenters. The SMILES string of the molecule is CN1CCC(CC(N)=O)(NC2CC2)C1. The molecular formula is C10H19N3O. The van der Waals surface area contributed by atoms with Crippen LogP contribution in [-0.4, -0.2) is 42.5 Å². The van der Waals surface area contributed by atoms with Crippen molar-refractivity contribution in [2.45, 2.75) is 37.3 Å². The molecule has 0 aromatic rings. The summed E-state index contributed by atoms with van der Waals surface area (Å²) < 4.78 is 0. The Balaban J connectivity index is 1.99. The van der Waals surface area contributed by atoms with Gasteiger partial charge in [0.2, 0.25) is 5.91 Å². The fraction of sp³-hybridized carbons (Fsp3) is 0.900. The molecule has 0 aromatic carbocycles. The Bertz CT molecular complexity index is 240. The van der Waals surface area contributed by atoms with Crippen LogP contribution in [0.1, 0.15) is 25.7 Å². The number of hydrogen-bond donors (Lipinski definition) is 2. The molecule has 1 aliphatic carbocycles. The predicted molar refractivity (Wildman–Crippen MR) is 54.8 cm³/mol. The van der Waals surface area contributed by atoms with E-state index in [0.717, 1.165) is 19.5 Å². The summed E-state index contributed by atoms with van der Waals surface area (Å²) in [5.41, 5.74) is 5.28. The number of hydrogen-bond acceptors (Lipinski definition) is 3. The second-order valence-corrected chi connectivity index (χ2v) is 4.83. The maximum absolute atomic E-state index is 11.0. The van der Waals surface area contributed by atoms with E-state index in [1.807, 2.05) is 0 Å². The standard InChI is InChI=1S/C10H19N3O/c1-13-5-4-10(7-13,6-9(11)14)12-8-2-3-8/h8,12H,2-7H2,1H3,(H2,11,14). The van der Waals surface area contributed by atoms with Crippen LogP contribution in [0, 0.1) is 0 Å². The summed E-state index contributed by atoms with van der Waals surface area (Å²) in [6, 6.07) is 0.640. The number of rotatable bonds is 4. The van der Waals surface area contributed by atoms with Gasteiger partial charge >= 0.3 is 0 Å². The number of likely N-dealkylation sites (tertiary alicyclic amines) is 1. The highest BCUT2D eigenvalue weighted by atomic mass is 16.1. The lowest BCUT2D eigenvalue weighted by Crippen LogP contribution is -2.50. The molecule has 4 nitrogen and oxygen atoms in total. The summed E-state index contributed by atoms with van der Waals surface area (Å²) >= 11 is 0. The zero-order chi connectivity index (χ0) is 10.2. The zero-order valence-corrected chi connectivity index (χ0v) is 8.75. The Morgan fingerprint density at radius 3 is 2.79 bits per heavy atom. The van der Waals surface area contributed by atoms with Gasteiger partial charge in [0, 0.05) is 24.5 Å². The number of carbonyl (C=O) groups excluding carboxylic acids is 1. The van der Waals surface area contributed by atoms with Crippen LogP contribution in [0.3, 0.4) is 0 Å². The molecule has 1 amide bonds. The fourth-order valence-electron chi connectivity index (χ4n) is 2.39. The predicted octanol–water partition coefficient (Wildman–Crippen LogP) is -0.312.